The average molecular weight is 269 g/mol. The minimum atomic E-state index is 0.226. The van der Waals surface area contributed by atoms with Gasteiger partial charge in [-0.1, -0.05) is 0 Å². The summed E-state index contributed by atoms with van der Waals surface area (Å²) in [5, 5.41) is 9.04. The number of hydrogen-bond donors (Lipinski definition) is 0. The van der Waals surface area contributed by atoms with Crippen LogP contribution in [0.15, 0.2) is 18.3 Å². The Bertz CT molecular complexity index is 559. The number of ether oxygens (including phenoxy) is 1. The molecule has 0 radical (unpaired) electrons. The van der Waals surface area contributed by atoms with Crippen molar-refractivity contribution in [3.05, 3.63) is 29.6 Å². The quantitative estimate of drug-likeness (QED) is 0.774. The molecule has 2 bridgehead atoms. The Morgan fingerprint density at radius 2 is 2.15 bits per heavy atom. The van der Waals surface area contributed by atoms with Crippen molar-refractivity contribution in [2.24, 2.45) is 0 Å². The number of piperidine rings is 1. The predicted molar refractivity (Wildman–Crippen MR) is 73.9 cm³/mol. The number of nitrogens with zero attached hydrogens (tertiary/aromatic N) is 3. The maximum absolute atomic E-state index is 9.04. The van der Waals surface area contributed by atoms with E-state index in [0.29, 0.717) is 17.6 Å². The molecule has 0 saturated carbocycles. The van der Waals surface area contributed by atoms with E-state index in [4.69, 9.17) is 10.00 Å². The van der Waals surface area contributed by atoms with Gasteiger partial charge in [0.1, 0.15) is 0 Å². The van der Waals surface area contributed by atoms with Crippen molar-refractivity contribution in [2.45, 2.75) is 56.3 Å². The Morgan fingerprint density at radius 1 is 1.45 bits per heavy atom. The maximum Gasteiger partial charge on any atom is 0.0992 e. The molecule has 4 nitrogen and oxygen atoms in total. The Labute approximate surface area is 119 Å². The number of fused-ring (bicyclic) bond motifs is 2. The molecule has 4 heterocycles. The Morgan fingerprint density at radius 3 is 2.75 bits per heavy atom. The number of pyridine rings is 1. The molecule has 4 rings (SSSR count). The molecule has 0 amide bonds. The highest BCUT2D eigenvalue weighted by molar-refractivity contribution is 5.30. The Hall–Kier alpha value is -1.44. The first-order valence-electron chi connectivity index (χ1n) is 7.48. The van der Waals surface area contributed by atoms with Gasteiger partial charge in [-0.25, -0.2) is 0 Å². The van der Waals surface area contributed by atoms with Gasteiger partial charge < -0.3 is 4.74 Å². The van der Waals surface area contributed by atoms with Crippen LogP contribution < -0.4 is 0 Å². The summed E-state index contributed by atoms with van der Waals surface area (Å²) >= 11 is 0. The lowest BCUT2D eigenvalue weighted by atomic mass is 9.89. The number of aromatic nitrogens is 1. The summed E-state index contributed by atoms with van der Waals surface area (Å²) in [7, 11) is 0. The fourth-order valence-corrected chi connectivity index (χ4v) is 4.21. The van der Waals surface area contributed by atoms with Crippen molar-refractivity contribution < 1.29 is 4.74 Å². The van der Waals surface area contributed by atoms with Gasteiger partial charge in [0.15, 0.2) is 0 Å². The topological polar surface area (TPSA) is 52.5 Å². The van der Waals surface area contributed by atoms with E-state index < -0.39 is 0 Å². The summed E-state index contributed by atoms with van der Waals surface area (Å²) < 4.78 is 5.70. The van der Waals surface area contributed by atoms with Crippen LogP contribution in [0.1, 0.15) is 49.9 Å². The maximum atomic E-state index is 9.04. The summed E-state index contributed by atoms with van der Waals surface area (Å²) in [5.74, 6) is 0. The minimum absolute atomic E-state index is 0.226. The van der Waals surface area contributed by atoms with Crippen LogP contribution in [0.5, 0.6) is 0 Å². The molecular weight excluding hydrogens is 250 g/mol. The highest BCUT2D eigenvalue weighted by Gasteiger charge is 2.56. The largest absolute Gasteiger partial charge is 0.369 e. The normalized spacial score (nSPS) is 36.8. The molecule has 20 heavy (non-hydrogen) atoms. The van der Waals surface area contributed by atoms with Crippen LogP contribution in [0.2, 0.25) is 0 Å². The second kappa shape index (κ2) is 4.28. The van der Waals surface area contributed by atoms with Crippen LogP contribution in [-0.4, -0.2) is 34.2 Å². The SMILES string of the molecule is C[C@@H](c1cc(C#N)ccn1)N1[C@@H]2CC[C@H]1CC1(CO1)C2. The van der Waals surface area contributed by atoms with Crippen molar-refractivity contribution in [1.29, 1.82) is 5.26 Å². The van der Waals surface area contributed by atoms with E-state index in [1.165, 1.54) is 25.7 Å². The average Bonchev–Trinajstić information content (AvgIpc) is 3.16. The van der Waals surface area contributed by atoms with Gasteiger partial charge in [0.25, 0.3) is 0 Å². The summed E-state index contributed by atoms with van der Waals surface area (Å²) in [6, 6.07) is 7.45. The van der Waals surface area contributed by atoms with Crippen LogP contribution in [0.25, 0.3) is 0 Å². The van der Waals surface area contributed by atoms with E-state index in [9.17, 15) is 0 Å². The first-order chi connectivity index (χ1) is 9.71. The smallest absolute Gasteiger partial charge is 0.0992 e. The van der Waals surface area contributed by atoms with Gasteiger partial charge in [0.2, 0.25) is 0 Å². The van der Waals surface area contributed by atoms with Crippen LogP contribution in [0, 0.1) is 11.3 Å². The monoisotopic (exact) mass is 269 g/mol. The molecule has 4 atom stereocenters. The first kappa shape index (κ1) is 12.3. The zero-order valence-corrected chi connectivity index (χ0v) is 11.7. The molecule has 104 valence electrons. The molecule has 3 aliphatic heterocycles. The first-order valence-corrected chi connectivity index (χ1v) is 7.48. The molecule has 1 aromatic rings. The molecule has 3 fully saturated rings. The summed E-state index contributed by atoms with van der Waals surface area (Å²) in [6.45, 7) is 3.19. The predicted octanol–water partition coefficient (Wildman–Crippen LogP) is 2.41. The molecule has 1 spiro atoms. The summed E-state index contributed by atoms with van der Waals surface area (Å²) in [4.78, 5) is 7.11. The number of hydrogen-bond acceptors (Lipinski definition) is 4. The third-order valence-electron chi connectivity index (χ3n) is 5.23. The van der Waals surface area contributed by atoms with Gasteiger partial charge in [-0.3, -0.25) is 9.88 Å². The van der Waals surface area contributed by atoms with Crippen molar-refractivity contribution in [1.82, 2.24) is 9.88 Å². The highest BCUT2D eigenvalue weighted by Crippen LogP contribution is 2.51. The second-order valence-electron chi connectivity index (χ2n) is 6.47. The van der Waals surface area contributed by atoms with E-state index in [0.717, 1.165) is 12.3 Å². The molecule has 0 N–H and O–H groups in total. The molecule has 0 aromatic carbocycles. The summed E-state index contributed by atoms with van der Waals surface area (Å²) in [5.41, 5.74) is 1.95. The van der Waals surface area contributed by atoms with Crippen molar-refractivity contribution in [3.63, 3.8) is 0 Å². The highest BCUT2D eigenvalue weighted by atomic mass is 16.6. The number of nitriles is 1. The van der Waals surface area contributed by atoms with E-state index in [1.54, 1.807) is 12.3 Å². The molecule has 1 aromatic heterocycles. The van der Waals surface area contributed by atoms with Crippen molar-refractivity contribution in [3.8, 4) is 6.07 Å². The third-order valence-corrected chi connectivity index (χ3v) is 5.23. The van der Waals surface area contributed by atoms with E-state index >= 15 is 0 Å². The zero-order chi connectivity index (χ0) is 13.7. The summed E-state index contributed by atoms with van der Waals surface area (Å²) in [6.07, 6.45) is 6.65. The number of rotatable bonds is 2. The fourth-order valence-electron chi connectivity index (χ4n) is 4.21. The lowest BCUT2D eigenvalue weighted by Crippen LogP contribution is -2.47. The molecule has 1 unspecified atom stereocenters. The van der Waals surface area contributed by atoms with Crippen LogP contribution >= 0.6 is 0 Å². The van der Waals surface area contributed by atoms with Crippen LogP contribution in [-0.2, 0) is 4.74 Å². The zero-order valence-electron chi connectivity index (χ0n) is 11.7. The molecule has 0 aliphatic carbocycles. The third kappa shape index (κ3) is 1.85. The van der Waals surface area contributed by atoms with E-state index in [-0.39, 0.29) is 11.6 Å². The van der Waals surface area contributed by atoms with Gasteiger partial charge in [-0.2, -0.15) is 5.26 Å². The molecule has 4 heteroatoms. The Kier molecular flexibility index (Phi) is 2.63. The van der Waals surface area contributed by atoms with Gasteiger partial charge >= 0.3 is 0 Å². The lowest BCUT2D eigenvalue weighted by Gasteiger charge is -2.41. The lowest BCUT2D eigenvalue weighted by molar-refractivity contribution is 0.0477. The molecular formula is C16H19N3O. The fraction of sp³-hybridized carbons (Fsp3) is 0.625. The van der Waals surface area contributed by atoms with Gasteiger partial charge in [0.05, 0.1) is 29.5 Å². The van der Waals surface area contributed by atoms with Crippen molar-refractivity contribution >= 4 is 0 Å². The minimum Gasteiger partial charge on any atom is -0.369 e. The number of epoxide rings is 1. The van der Waals surface area contributed by atoms with Gasteiger partial charge in [-0.15, -0.1) is 0 Å². The van der Waals surface area contributed by atoms with Crippen LogP contribution in [0.4, 0.5) is 0 Å². The van der Waals surface area contributed by atoms with Crippen molar-refractivity contribution in [2.75, 3.05) is 6.61 Å². The molecule has 3 saturated heterocycles. The second-order valence-corrected chi connectivity index (χ2v) is 6.47. The van der Waals surface area contributed by atoms with Gasteiger partial charge in [0, 0.05) is 24.3 Å². The van der Waals surface area contributed by atoms with Gasteiger partial charge in [-0.05, 0) is 44.7 Å². The Balaban J connectivity index is 1.59. The van der Waals surface area contributed by atoms with E-state index in [2.05, 4.69) is 22.9 Å². The van der Waals surface area contributed by atoms with E-state index in [1.807, 2.05) is 6.07 Å². The standard InChI is InChI=1S/C16H19N3O/c1-11(15-6-12(9-17)4-5-18-15)19-13-2-3-14(19)8-16(7-13)10-20-16/h4-6,11,13-14H,2-3,7-8,10H2,1H3/t11-,13-,14+,16?/m0/s1. The van der Waals surface area contributed by atoms with Crippen LogP contribution in [0.3, 0.4) is 0 Å². The molecule has 3 aliphatic rings.